The number of carbonyl (C=O) groups is 1. The van der Waals surface area contributed by atoms with Crippen LogP contribution in [-0.4, -0.2) is 35.1 Å². The fourth-order valence-corrected chi connectivity index (χ4v) is 3.55. The first kappa shape index (κ1) is 14.5. The van der Waals surface area contributed by atoms with Gasteiger partial charge in [0, 0.05) is 6.54 Å². The number of carboxylic acid groups (broad SMARTS) is 1. The van der Waals surface area contributed by atoms with E-state index in [1.54, 1.807) is 12.1 Å². The summed E-state index contributed by atoms with van der Waals surface area (Å²) in [6, 6.07) is 6.34. The molecule has 2 unspecified atom stereocenters. The zero-order valence-corrected chi connectivity index (χ0v) is 12.2. The second-order valence-electron chi connectivity index (χ2n) is 6.42. The lowest BCUT2D eigenvalue weighted by Gasteiger charge is -2.32. The number of halogens is 1. The van der Waals surface area contributed by atoms with E-state index in [4.69, 9.17) is 0 Å². The smallest absolute Gasteiger partial charge is 0.320 e. The van der Waals surface area contributed by atoms with Crippen molar-refractivity contribution in [3.63, 3.8) is 0 Å². The number of rotatable bonds is 5. The van der Waals surface area contributed by atoms with Crippen LogP contribution in [0.15, 0.2) is 24.3 Å². The summed E-state index contributed by atoms with van der Waals surface area (Å²) in [5.74, 6) is -0.0831. The van der Waals surface area contributed by atoms with E-state index in [9.17, 15) is 14.3 Å². The SMILES string of the molecule is O=C(O)C(CC1CCC1)N1CCC(c2cccc(F)c2)C1. The third-order valence-corrected chi connectivity index (χ3v) is 5.05. The lowest BCUT2D eigenvalue weighted by molar-refractivity contribution is -0.143. The molecule has 0 aromatic heterocycles. The fourth-order valence-electron chi connectivity index (χ4n) is 3.55. The molecule has 0 bridgehead atoms. The van der Waals surface area contributed by atoms with Gasteiger partial charge < -0.3 is 5.11 Å². The minimum atomic E-state index is -0.707. The molecule has 4 heteroatoms. The molecule has 0 radical (unpaired) electrons. The van der Waals surface area contributed by atoms with Gasteiger partial charge in [0.15, 0.2) is 0 Å². The number of hydrogen-bond acceptors (Lipinski definition) is 2. The topological polar surface area (TPSA) is 40.5 Å². The number of hydrogen-bond donors (Lipinski definition) is 1. The van der Waals surface area contributed by atoms with Crippen LogP contribution < -0.4 is 0 Å². The monoisotopic (exact) mass is 291 g/mol. The summed E-state index contributed by atoms with van der Waals surface area (Å²) in [5.41, 5.74) is 0.991. The molecule has 3 rings (SSSR count). The molecule has 3 nitrogen and oxygen atoms in total. The van der Waals surface area contributed by atoms with Crippen LogP contribution in [-0.2, 0) is 4.79 Å². The van der Waals surface area contributed by atoms with Gasteiger partial charge >= 0.3 is 5.97 Å². The first-order chi connectivity index (χ1) is 10.1. The summed E-state index contributed by atoms with van der Waals surface area (Å²) in [5, 5.41) is 9.50. The van der Waals surface area contributed by atoms with Crippen molar-refractivity contribution in [1.29, 1.82) is 0 Å². The summed E-state index contributed by atoms with van der Waals surface area (Å²) in [6.07, 6.45) is 5.27. The second-order valence-corrected chi connectivity index (χ2v) is 6.42. The zero-order chi connectivity index (χ0) is 14.8. The highest BCUT2D eigenvalue weighted by Crippen LogP contribution is 2.35. The van der Waals surface area contributed by atoms with Gasteiger partial charge in [0.05, 0.1) is 0 Å². The van der Waals surface area contributed by atoms with Gasteiger partial charge in [-0.1, -0.05) is 31.4 Å². The summed E-state index contributed by atoms with van der Waals surface area (Å²) < 4.78 is 13.3. The molecule has 2 aliphatic rings. The van der Waals surface area contributed by atoms with Crippen LogP contribution in [0.2, 0.25) is 0 Å². The van der Waals surface area contributed by atoms with Gasteiger partial charge in [0.25, 0.3) is 0 Å². The average Bonchev–Trinajstić information content (AvgIpc) is 2.86. The summed E-state index contributed by atoms with van der Waals surface area (Å²) >= 11 is 0. The molecule has 1 aliphatic heterocycles. The molecule has 2 atom stereocenters. The Labute approximate surface area is 124 Å². The summed E-state index contributed by atoms with van der Waals surface area (Å²) in [4.78, 5) is 13.6. The predicted molar refractivity (Wildman–Crippen MR) is 78.7 cm³/mol. The van der Waals surface area contributed by atoms with Crippen molar-refractivity contribution >= 4 is 5.97 Å². The highest BCUT2D eigenvalue weighted by Gasteiger charge is 2.35. The van der Waals surface area contributed by atoms with Crippen LogP contribution in [0, 0.1) is 11.7 Å². The predicted octanol–water partition coefficient (Wildman–Crippen LogP) is 3.26. The lowest BCUT2D eigenvalue weighted by atomic mass is 9.80. The highest BCUT2D eigenvalue weighted by molar-refractivity contribution is 5.73. The maximum absolute atomic E-state index is 13.3. The number of carboxylic acids is 1. The van der Waals surface area contributed by atoms with Gasteiger partial charge in [0.2, 0.25) is 0 Å². The van der Waals surface area contributed by atoms with E-state index >= 15 is 0 Å². The van der Waals surface area contributed by atoms with Gasteiger partial charge in [0.1, 0.15) is 11.9 Å². The molecule has 21 heavy (non-hydrogen) atoms. The molecular weight excluding hydrogens is 269 g/mol. The standard InChI is InChI=1S/C17H22FNO2/c18-15-6-2-5-13(10-15)14-7-8-19(11-14)16(17(20)21)9-12-3-1-4-12/h2,5-6,10,12,14,16H,1,3-4,7-9,11H2,(H,20,21). The van der Waals surface area contributed by atoms with Gasteiger partial charge in [-0.2, -0.15) is 0 Å². The first-order valence-electron chi connectivity index (χ1n) is 7.86. The van der Waals surface area contributed by atoms with Crippen LogP contribution >= 0.6 is 0 Å². The zero-order valence-electron chi connectivity index (χ0n) is 12.2. The van der Waals surface area contributed by atoms with Crippen LogP contribution in [0.25, 0.3) is 0 Å². The minimum Gasteiger partial charge on any atom is -0.480 e. The first-order valence-corrected chi connectivity index (χ1v) is 7.86. The van der Waals surface area contributed by atoms with E-state index in [2.05, 4.69) is 4.90 Å². The molecule has 1 heterocycles. The fraction of sp³-hybridized carbons (Fsp3) is 0.588. The van der Waals surface area contributed by atoms with Crippen molar-refractivity contribution in [3.05, 3.63) is 35.6 Å². The van der Waals surface area contributed by atoms with E-state index in [0.717, 1.165) is 31.5 Å². The Morgan fingerprint density at radius 1 is 1.38 bits per heavy atom. The third-order valence-electron chi connectivity index (χ3n) is 5.05. The number of likely N-dealkylation sites (tertiary alicyclic amines) is 1. The van der Waals surface area contributed by atoms with Crippen molar-refractivity contribution in [2.75, 3.05) is 13.1 Å². The normalized spacial score (nSPS) is 24.7. The molecule has 1 aromatic rings. The van der Waals surface area contributed by atoms with Gasteiger partial charge in [-0.05, 0) is 48.9 Å². The van der Waals surface area contributed by atoms with Crippen molar-refractivity contribution in [2.45, 2.75) is 44.1 Å². The Morgan fingerprint density at radius 2 is 2.19 bits per heavy atom. The highest BCUT2D eigenvalue weighted by atomic mass is 19.1. The van der Waals surface area contributed by atoms with E-state index in [-0.39, 0.29) is 17.8 Å². The quantitative estimate of drug-likeness (QED) is 0.905. The third kappa shape index (κ3) is 3.26. The summed E-state index contributed by atoms with van der Waals surface area (Å²) in [6.45, 7) is 1.53. The van der Waals surface area contributed by atoms with E-state index in [1.165, 1.54) is 25.3 Å². The van der Waals surface area contributed by atoms with Crippen LogP contribution in [0.1, 0.15) is 43.6 Å². The van der Waals surface area contributed by atoms with Crippen molar-refractivity contribution in [2.24, 2.45) is 5.92 Å². The Balaban J connectivity index is 1.65. The maximum Gasteiger partial charge on any atom is 0.320 e. The molecule has 1 saturated carbocycles. The Morgan fingerprint density at radius 3 is 2.81 bits per heavy atom. The van der Waals surface area contributed by atoms with E-state index < -0.39 is 5.97 Å². The van der Waals surface area contributed by atoms with Crippen LogP contribution in [0.4, 0.5) is 4.39 Å². The van der Waals surface area contributed by atoms with Gasteiger partial charge in [-0.3, -0.25) is 9.69 Å². The Hall–Kier alpha value is -1.42. The molecule has 0 spiro atoms. The number of benzene rings is 1. The summed E-state index contributed by atoms with van der Waals surface area (Å²) in [7, 11) is 0. The second kappa shape index (κ2) is 6.14. The van der Waals surface area contributed by atoms with E-state index in [1.807, 2.05) is 6.07 Å². The molecule has 114 valence electrons. The molecule has 1 N–H and O–H groups in total. The van der Waals surface area contributed by atoms with Gasteiger partial charge in [-0.25, -0.2) is 4.39 Å². The largest absolute Gasteiger partial charge is 0.480 e. The maximum atomic E-state index is 13.3. The van der Waals surface area contributed by atoms with Crippen LogP contribution in [0.5, 0.6) is 0 Å². The Kier molecular flexibility index (Phi) is 4.24. The van der Waals surface area contributed by atoms with E-state index in [0.29, 0.717) is 5.92 Å². The number of aliphatic carboxylic acids is 1. The van der Waals surface area contributed by atoms with Crippen molar-refractivity contribution < 1.29 is 14.3 Å². The minimum absolute atomic E-state index is 0.213. The molecule has 0 amide bonds. The molecule has 1 aromatic carbocycles. The van der Waals surface area contributed by atoms with Crippen LogP contribution in [0.3, 0.4) is 0 Å². The lowest BCUT2D eigenvalue weighted by Crippen LogP contribution is -2.41. The van der Waals surface area contributed by atoms with Crippen molar-refractivity contribution in [3.8, 4) is 0 Å². The van der Waals surface area contributed by atoms with Gasteiger partial charge in [-0.15, -0.1) is 0 Å². The van der Waals surface area contributed by atoms with Crippen molar-refractivity contribution in [1.82, 2.24) is 4.90 Å². The molecular formula is C17H22FNO2. The molecule has 1 saturated heterocycles. The average molecular weight is 291 g/mol. The Bertz CT molecular complexity index is 515. The number of nitrogens with zero attached hydrogens (tertiary/aromatic N) is 1. The molecule has 1 aliphatic carbocycles. The molecule has 2 fully saturated rings.